The van der Waals surface area contributed by atoms with Crippen LogP contribution >= 0.6 is 15.9 Å². The lowest BCUT2D eigenvalue weighted by Gasteiger charge is -2.34. The molecule has 0 fully saturated rings. The summed E-state index contributed by atoms with van der Waals surface area (Å²) in [6.07, 6.45) is 2.12. The fourth-order valence-corrected chi connectivity index (χ4v) is 6.01. The summed E-state index contributed by atoms with van der Waals surface area (Å²) in [7, 11) is -3.82. The predicted octanol–water partition coefficient (Wildman–Crippen LogP) is 5.39. The Bertz CT molecular complexity index is 1410. The number of carbonyl (C=O) groups is 2. The molecule has 0 unspecified atom stereocenters. The lowest BCUT2D eigenvalue weighted by Crippen LogP contribution is -2.54. The molecule has 7 nitrogen and oxygen atoms in total. The first-order chi connectivity index (χ1) is 18.9. The molecule has 0 spiro atoms. The number of para-hydroxylation sites is 1. The van der Waals surface area contributed by atoms with Gasteiger partial charge in [0.1, 0.15) is 12.6 Å². The van der Waals surface area contributed by atoms with Crippen LogP contribution in [-0.4, -0.2) is 50.0 Å². The van der Waals surface area contributed by atoms with Crippen LogP contribution in [0.4, 0.5) is 5.69 Å². The van der Waals surface area contributed by atoms with Crippen molar-refractivity contribution < 1.29 is 18.0 Å². The second-order valence-electron chi connectivity index (χ2n) is 10.2. The minimum atomic E-state index is -3.82. The summed E-state index contributed by atoms with van der Waals surface area (Å²) in [6.45, 7) is 7.25. The highest BCUT2D eigenvalue weighted by molar-refractivity contribution is 9.10. The SMILES string of the molecule is CC[C@H](C)NC(=O)[C@H](Cc1ccccc1)N(Cc1cccc(Br)c1)C(=O)CN(c1c(C)cccc1C)S(C)(=O)=O. The van der Waals surface area contributed by atoms with Gasteiger partial charge in [-0.15, -0.1) is 0 Å². The molecule has 0 aromatic heterocycles. The third-order valence-corrected chi connectivity index (χ3v) is 8.49. The van der Waals surface area contributed by atoms with E-state index in [1.54, 1.807) is 0 Å². The molecule has 2 amide bonds. The molecule has 3 rings (SSSR count). The van der Waals surface area contributed by atoms with Gasteiger partial charge in [-0.1, -0.05) is 83.5 Å². The maximum Gasteiger partial charge on any atom is 0.244 e. The van der Waals surface area contributed by atoms with Crippen molar-refractivity contribution in [3.63, 3.8) is 0 Å². The van der Waals surface area contributed by atoms with E-state index in [1.165, 1.54) is 4.90 Å². The van der Waals surface area contributed by atoms with Gasteiger partial charge >= 0.3 is 0 Å². The Labute approximate surface area is 246 Å². The number of aryl methyl sites for hydroxylation is 2. The van der Waals surface area contributed by atoms with Crippen LogP contribution in [0, 0.1) is 13.8 Å². The molecule has 2 atom stereocenters. The van der Waals surface area contributed by atoms with E-state index in [4.69, 9.17) is 0 Å². The Balaban J connectivity index is 2.10. The number of hydrogen-bond acceptors (Lipinski definition) is 4. The number of anilines is 1. The van der Waals surface area contributed by atoms with Gasteiger partial charge in [-0.25, -0.2) is 8.42 Å². The van der Waals surface area contributed by atoms with Crippen LogP contribution in [0.3, 0.4) is 0 Å². The van der Waals surface area contributed by atoms with E-state index in [9.17, 15) is 18.0 Å². The van der Waals surface area contributed by atoms with Crippen molar-refractivity contribution >= 4 is 43.5 Å². The zero-order valence-electron chi connectivity index (χ0n) is 23.7. The van der Waals surface area contributed by atoms with Gasteiger partial charge in [0.2, 0.25) is 21.8 Å². The molecule has 214 valence electrons. The second kappa shape index (κ2) is 13.9. The van der Waals surface area contributed by atoms with E-state index in [2.05, 4.69) is 21.2 Å². The van der Waals surface area contributed by atoms with E-state index in [0.717, 1.165) is 43.7 Å². The number of nitrogens with zero attached hydrogens (tertiary/aromatic N) is 2. The molecule has 9 heteroatoms. The second-order valence-corrected chi connectivity index (χ2v) is 13.0. The average Bonchev–Trinajstić information content (AvgIpc) is 2.89. The van der Waals surface area contributed by atoms with Crippen molar-refractivity contribution in [2.75, 3.05) is 17.1 Å². The van der Waals surface area contributed by atoms with Crippen molar-refractivity contribution in [2.24, 2.45) is 0 Å². The minimum Gasteiger partial charge on any atom is -0.352 e. The van der Waals surface area contributed by atoms with E-state index in [-0.39, 0.29) is 24.9 Å². The van der Waals surface area contributed by atoms with Crippen LogP contribution in [0.15, 0.2) is 77.3 Å². The molecule has 0 saturated heterocycles. The number of benzene rings is 3. The van der Waals surface area contributed by atoms with E-state index >= 15 is 0 Å². The standard InChI is InChI=1S/C31H38BrN3O4S/c1-6-24(4)33-31(37)28(19-25-14-8-7-9-15-25)34(20-26-16-11-17-27(32)18-26)29(36)21-35(40(5,38)39)30-22(2)12-10-13-23(30)3/h7-18,24,28H,6,19-21H2,1-5H3,(H,33,37)/t24-,28-/m0/s1. The zero-order valence-corrected chi connectivity index (χ0v) is 26.1. The highest BCUT2D eigenvalue weighted by Gasteiger charge is 2.34. The summed E-state index contributed by atoms with van der Waals surface area (Å²) in [5, 5.41) is 3.04. The van der Waals surface area contributed by atoms with Gasteiger partial charge in [0.25, 0.3) is 0 Å². The molecule has 3 aromatic carbocycles. The minimum absolute atomic E-state index is 0.0873. The van der Waals surface area contributed by atoms with Crippen LogP contribution in [0.1, 0.15) is 42.5 Å². The topological polar surface area (TPSA) is 86.8 Å². The number of carbonyl (C=O) groups excluding carboxylic acids is 2. The average molecular weight is 629 g/mol. The first-order valence-electron chi connectivity index (χ1n) is 13.3. The number of halogens is 1. The highest BCUT2D eigenvalue weighted by atomic mass is 79.9. The van der Waals surface area contributed by atoms with Gasteiger partial charge in [0.15, 0.2) is 0 Å². The number of amides is 2. The number of hydrogen-bond donors (Lipinski definition) is 1. The molecule has 0 saturated carbocycles. The molecule has 0 aliphatic heterocycles. The molecule has 0 heterocycles. The van der Waals surface area contributed by atoms with Crippen molar-refractivity contribution in [2.45, 2.75) is 59.2 Å². The molecule has 40 heavy (non-hydrogen) atoms. The summed E-state index contributed by atoms with van der Waals surface area (Å²) < 4.78 is 28.1. The van der Waals surface area contributed by atoms with Crippen molar-refractivity contribution in [1.82, 2.24) is 10.2 Å². The van der Waals surface area contributed by atoms with Crippen LogP contribution in [-0.2, 0) is 32.6 Å². The Kier molecular flexibility index (Phi) is 10.9. The Hall–Kier alpha value is -3.17. The molecular weight excluding hydrogens is 590 g/mol. The fraction of sp³-hybridized carbons (Fsp3) is 0.355. The first kappa shape index (κ1) is 31.4. The molecule has 1 N–H and O–H groups in total. The van der Waals surface area contributed by atoms with Gasteiger partial charge in [-0.05, 0) is 61.6 Å². The molecular formula is C31H38BrN3O4S. The number of nitrogens with one attached hydrogen (secondary N) is 1. The molecule has 3 aromatic rings. The Morgan fingerprint density at radius 1 is 0.925 bits per heavy atom. The summed E-state index contributed by atoms with van der Waals surface area (Å²) in [6, 6.07) is 21.6. The first-order valence-corrected chi connectivity index (χ1v) is 16.0. The lowest BCUT2D eigenvalue weighted by atomic mass is 10.0. The largest absolute Gasteiger partial charge is 0.352 e. The number of sulfonamides is 1. The van der Waals surface area contributed by atoms with E-state index in [1.807, 2.05) is 100 Å². The van der Waals surface area contributed by atoms with Gasteiger partial charge in [0, 0.05) is 23.5 Å². The summed E-state index contributed by atoms with van der Waals surface area (Å²) in [5.74, 6) is -0.743. The van der Waals surface area contributed by atoms with E-state index in [0.29, 0.717) is 5.69 Å². The third-order valence-electron chi connectivity index (χ3n) is 6.88. The van der Waals surface area contributed by atoms with Gasteiger partial charge in [-0.2, -0.15) is 0 Å². The summed E-state index contributed by atoms with van der Waals surface area (Å²) >= 11 is 3.49. The van der Waals surface area contributed by atoms with Crippen LogP contribution in [0.2, 0.25) is 0 Å². The third kappa shape index (κ3) is 8.41. The molecule has 0 aliphatic rings. The van der Waals surface area contributed by atoms with Crippen LogP contribution in [0.25, 0.3) is 0 Å². The Morgan fingerprint density at radius 2 is 1.52 bits per heavy atom. The predicted molar refractivity (Wildman–Crippen MR) is 165 cm³/mol. The zero-order chi connectivity index (χ0) is 29.4. The fourth-order valence-electron chi connectivity index (χ4n) is 4.60. The van der Waals surface area contributed by atoms with Gasteiger partial charge in [0.05, 0.1) is 11.9 Å². The molecule has 0 aliphatic carbocycles. The van der Waals surface area contributed by atoms with Crippen LogP contribution < -0.4 is 9.62 Å². The maximum absolute atomic E-state index is 14.2. The van der Waals surface area contributed by atoms with Gasteiger partial charge < -0.3 is 10.2 Å². The van der Waals surface area contributed by atoms with Crippen LogP contribution in [0.5, 0.6) is 0 Å². The van der Waals surface area contributed by atoms with Crippen molar-refractivity contribution in [1.29, 1.82) is 0 Å². The number of rotatable bonds is 12. The highest BCUT2D eigenvalue weighted by Crippen LogP contribution is 2.27. The molecule has 0 bridgehead atoms. The Morgan fingerprint density at radius 3 is 2.10 bits per heavy atom. The van der Waals surface area contributed by atoms with Gasteiger partial charge in [-0.3, -0.25) is 13.9 Å². The van der Waals surface area contributed by atoms with Crippen molar-refractivity contribution in [3.05, 3.63) is 99.5 Å². The van der Waals surface area contributed by atoms with E-state index < -0.39 is 28.5 Å². The summed E-state index contributed by atoms with van der Waals surface area (Å²) in [4.78, 5) is 29.5. The smallest absolute Gasteiger partial charge is 0.244 e. The lowest BCUT2D eigenvalue weighted by molar-refractivity contribution is -0.140. The monoisotopic (exact) mass is 627 g/mol. The maximum atomic E-state index is 14.2. The summed E-state index contributed by atoms with van der Waals surface area (Å²) in [5.41, 5.74) is 3.67. The normalized spacial score (nSPS) is 12.8. The molecule has 0 radical (unpaired) electrons. The quantitative estimate of drug-likeness (QED) is 0.292. The van der Waals surface area contributed by atoms with Crippen molar-refractivity contribution in [3.8, 4) is 0 Å².